The monoisotopic (exact) mass is 436 g/mol. The molecule has 0 aliphatic carbocycles. The summed E-state index contributed by atoms with van der Waals surface area (Å²) in [6, 6.07) is 8.38. The molecule has 0 saturated heterocycles. The van der Waals surface area contributed by atoms with Crippen LogP contribution in [0.4, 0.5) is 28.9 Å². The quantitative estimate of drug-likeness (QED) is 0.586. The Labute approximate surface area is 173 Å². The van der Waals surface area contributed by atoms with Crippen molar-refractivity contribution in [2.24, 2.45) is 0 Å². The maximum absolute atomic E-state index is 13.7. The topological polar surface area (TPSA) is 85.2 Å². The van der Waals surface area contributed by atoms with E-state index in [1.165, 1.54) is 32.2 Å². The fourth-order valence-electron chi connectivity index (χ4n) is 2.84. The molecule has 1 aromatic heterocycles. The summed E-state index contributed by atoms with van der Waals surface area (Å²) in [4.78, 5) is 24.0. The Bertz CT molecular complexity index is 1120. The molecular weight excluding hydrogens is 420 g/mol. The first-order valence-corrected chi connectivity index (χ1v) is 8.78. The van der Waals surface area contributed by atoms with E-state index in [4.69, 9.17) is 4.74 Å². The number of ether oxygens (including phenoxy) is 1. The lowest BCUT2D eigenvalue weighted by atomic mass is 10.2. The van der Waals surface area contributed by atoms with Gasteiger partial charge in [-0.3, -0.25) is 9.59 Å². The van der Waals surface area contributed by atoms with Crippen molar-refractivity contribution in [1.82, 2.24) is 9.78 Å². The lowest BCUT2D eigenvalue weighted by molar-refractivity contribution is -0.143. The Morgan fingerprint density at radius 1 is 1.06 bits per heavy atom. The second-order valence-corrected chi connectivity index (χ2v) is 6.34. The second kappa shape index (κ2) is 8.46. The van der Waals surface area contributed by atoms with Crippen molar-refractivity contribution in [1.29, 1.82) is 0 Å². The fourth-order valence-corrected chi connectivity index (χ4v) is 2.84. The van der Waals surface area contributed by atoms with E-state index in [9.17, 15) is 27.2 Å². The molecule has 31 heavy (non-hydrogen) atoms. The number of alkyl halides is 3. The van der Waals surface area contributed by atoms with Crippen molar-refractivity contribution < 1.29 is 31.9 Å². The average molecular weight is 436 g/mol. The van der Waals surface area contributed by atoms with Crippen molar-refractivity contribution in [3.63, 3.8) is 0 Å². The van der Waals surface area contributed by atoms with Gasteiger partial charge in [0, 0.05) is 12.6 Å². The zero-order chi connectivity index (χ0) is 22.8. The second-order valence-electron chi connectivity index (χ2n) is 6.34. The average Bonchev–Trinajstić information content (AvgIpc) is 3.14. The molecular formula is C20H16F4N4O3. The van der Waals surface area contributed by atoms with E-state index in [2.05, 4.69) is 15.7 Å². The van der Waals surface area contributed by atoms with Gasteiger partial charge in [-0.15, -0.1) is 0 Å². The highest BCUT2D eigenvalue weighted by Gasteiger charge is 2.40. The highest BCUT2D eigenvalue weighted by molar-refractivity contribution is 6.05. The molecule has 3 aromatic rings. The number of carbonyl (C=O) groups is 2. The molecule has 0 aliphatic rings. The lowest BCUT2D eigenvalue weighted by Gasteiger charge is -2.14. The molecule has 2 amide bonds. The fraction of sp³-hybridized carbons (Fsp3) is 0.150. The van der Waals surface area contributed by atoms with Crippen molar-refractivity contribution in [3.8, 4) is 11.4 Å². The van der Waals surface area contributed by atoms with Crippen LogP contribution in [0, 0.1) is 5.82 Å². The lowest BCUT2D eigenvalue weighted by Crippen LogP contribution is -2.21. The van der Waals surface area contributed by atoms with Gasteiger partial charge in [-0.1, -0.05) is 0 Å². The number of hydrogen-bond acceptors (Lipinski definition) is 4. The third-order valence-electron chi connectivity index (χ3n) is 4.12. The van der Waals surface area contributed by atoms with Gasteiger partial charge in [-0.25, -0.2) is 9.07 Å². The first kappa shape index (κ1) is 21.8. The Morgan fingerprint density at radius 3 is 2.32 bits per heavy atom. The van der Waals surface area contributed by atoms with Gasteiger partial charge in [0.1, 0.15) is 11.6 Å². The summed E-state index contributed by atoms with van der Waals surface area (Å²) in [6.07, 6.45) is -4.14. The third kappa shape index (κ3) is 4.82. The Kier molecular flexibility index (Phi) is 5.95. The number of methoxy groups -OCH3 is 1. The molecule has 0 spiro atoms. The van der Waals surface area contributed by atoms with E-state index in [0.717, 1.165) is 30.5 Å². The van der Waals surface area contributed by atoms with Gasteiger partial charge in [-0.05, 0) is 42.5 Å². The predicted molar refractivity (Wildman–Crippen MR) is 104 cm³/mol. The molecule has 0 aliphatic heterocycles. The third-order valence-corrected chi connectivity index (χ3v) is 4.12. The summed E-state index contributed by atoms with van der Waals surface area (Å²) >= 11 is 0. The predicted octanol–water partition coefficient (Wildman–Crippen LogP) is 4.25. The van der Waals surface area contributed by atoms with Crippen LogP contribution in [0.1, 0.15) is 23.0 Å². The summed E-state index contributed by atoms with van der Waals surface area (Å²) in [5.74, 6) is -1.80. The van der Waals surface area contributed by atoms with Gasteiger partial charge >= 0.3 is 6.18 Å². The van der Waals surface area contributed by atoms with E-state index in [1.54, 1.807) is 0 Å². The van der Waals surface area contributed by atoms with Crippen LogP contribution in [0.3, 0.4) is 0 Å². The first-order valence-electron chi connectivity index (χ1n) is 8.78. The number of carbonyl (C=O) groups excluding carboxylic acids is 2. The number of nitrogens with zero attached hydrogens (tertiary/aromatic N) is 2. The zero-order valence-electron chi connectivity index (χ0n) is 16.2. The summed E-state index contributed by atoms with van der Waals surface area (Å²) in [5, 5.41) is 8.52. The first-order chi connectivity index (χ1) is 14.6. The van der Waals surface area contributed by atoms with Crippen molar-refractivity contribution in [2.75, 3.05) is 17.7 Å². The number of hydrogen-bond donors (Lipinski definition) is 2. The summed E-state index contributed by atoms with van der Waals surface area (Å²) in [6.45, 7) is 1.27. The van der Waals surface area contributed by atoms with Gasteiger partial charge in [0.2, 0.25) is 5.91 Å². The number of aromatic nitrogens is 2. The van der Waals surface area contributed by atoms with Crippen LogP contribution < -0.4 is 15.4 Å². The van der Waals surface area contributed by atoms with Crippen LogP contribution in [-0.4, -0.2) is 28.7 Å². The van der Waals surface area contributed by atoms with E-state index in [1.807, 2.05) is 0 Å². The molecule has 3 rings (SSSR count). The summed E-state index contributed by atoms with van der Waals surface area (Å²) < 4.78 is 59.9. The molecule has 2 N–H and O–H groups in total. The number of anilines is 2. The molecule has 0 bridgehead atoms. The van der Waals surface area contributed by atoms with Crippen LogP contribution in [0.25, 0.3) is 5.69 Å². The van der Waals surface area contributed by atoms with Crippen LogP contribution in [0.5, 0.6) is 5.75 Å². The summed E-state index contributed by atoms with van der Waals surface area (Å²) in [5.41, 5.74) is -1.76. The van der Waals surface area contributed by atoms with Crippen molar-refractivity contribution in [2.45, 2.75) is 13.1 Å². The molecule has 0 unspecified atom stereocenters. The maximum atomic E-state index is 13.7. The standard InChI is InChI=1S/C20H16F4N4O3/c1-11(29)26-16-9-13(5-8-17(16)31-2)27-19(30)15-10-25-28(18(15)20(22,23)24)14-6-3-12(21)4-7-14/h3-10H,1-2H3,(H,26,29)(H,27,30). The largest absolute Gasteiger partial charge is 0.495 e. The number of halogens is 4. The van der Waals surface area contributed by atoms with E-state index in [0.29, 0.717) is 10.4 Å². The van der Waals surface area contributed by atoms with Gasteiger partial charge in [-0.2, -0.15) is 18.3 Å². The Hall–Kier alpha value is -3.89. The van der Waals surface area contributed by atoms with Crippen LogP contribution in [-0.2, 0) is 11.0 Å². The summed E-state index contributed by atoms with van der Waals surface area (Å²) in [7, 11) is 1.37. The maximum Gasteiger partial charge on any atom is 0.434 e. The zero-order valence-corrected chi connectivity index (χ0v) is 16.2. The normalized spacial score (nSPS) is 11.2. The SMILES string of the molecule is COc1ccc(NC(=O)c2cnn(-c3ccc(F)cc3)c2C(F)(F)F)cc1NC(C)=O. The minimum Gasteiger partial charge on any atom is -0.495 e. The van der Waals surface area contributed by atoms with Crippen LogP contribution >= 0.6 is 0 Å². The minimum absolute atomic E-state index is 0.0647. The molecule has 162 valence electrons. The highest BCUT2D eigenvalue weighted by atomic mass is 19.4. The molecule has 1 heterocycles. The van der Waals surface area contributed by atoms with Crippen molar-refractivity contribution >= 4 is 23.2 Å². The highest BCUT2D eigenvalue weighted by Crippen LogP contribution is 2.34. The number of benzene rings is 2. The van der Waals surface area contributed by atoms with Crippen molar-refractivity contribution in [3.05, 3.63) is 65.7 Å². The van der Waals surface area contributed by atoms with Gasteiger partial charge in [0.15, 0.2) is 5.69 Å². The molecule has 7 nitrogen and oxygen atoms in total. The van der Waals surface area contributed by atoms with E-state index < -0.39 is 35.1 Å². The molecule has 0 atom stereocenters. The molecule has 0 fully saturated rings. The number of amides is 2. The smallest absolute Gasteiger partial charge is 0.434 e. The van der Waals surface area contributed by atoms with E-state index in [-0.39, 0.29) is 17.1 Å². The van der Waals surface area contributed by atoms with Crippen LogP contribution in [0.2, 0.25) is 0 Å². The Balaban J connectivity index is 1.97. The molecule has 0 radical (unpaired) electrons. The van der Waals surface area contributed by atoms with E-state index >= 15 is 0 Å². The van der Waals surface area contributed by atoms with Gasteiger partial charge < -0.3 is 15.4 Å². The Morgan fingerprint density at radius 2 is 1.74 bits per heavy atom. The minimum atomic E-state index is -4.92. The van der Waals surface area contributed by atoms with Gasteiger partial charge in [0.05, 0.1) is 30.2 Å². The number of rotatable bonds is 5. The van der Waals surface area contributed by atoms with Gasteiger partial charge in [0.25, 0.3) is 5.91 Å². The molecule has 11 heteroatoms. The molecule has 0 saturated carbocycles. The molecule has 2 aromatic carbocycles. The van der Waals surface area contributed by atoms with Crippen LogP contribution in [0.15, 0.2) is 48.7 Å². The number of nitrogens with one attached hydrogen (secondary N) is 2.